The number of aromatic nitrogens is 4. The third-order valence-electron chi connectivity index (χ3n) is 5.83. The zero-order chi connectivity index (χ0) is 20.5. The summed E-state index contributed by atoms with van der Waals surface area (Å²) in [6, 6.07) is 10.1. The number of hydrogen-bond donors (Lipinski definition) is 0. The summed E-state index contributed by atoms with van der Waals surface area (Å²) in [7, 11) is 2.01. The minimum atomic E-state index is -0.250. The standard InChI is InChI=1S/C23H29N5O/c1-16(2)22-24-12-15-28(22)17(3)23(29)27-13-10-19-20(11-14-27)25-26(4)21(19)18-8-6-5-7-9-18/h5-9,12,15-17H,10-11,13-14H2,1-4H3. The molecule has 0 saturated carbocycles. The Morgan fingerprint density at radius 1 is 1.07 bits per heavy atom. The second-order valence-electron chi connectivity index (χ2n) is 8.11. The van der Waals surface area contributed by atoms with E-state index in [2.05, 4.69) is 43.1 Å². The van der Waals surface area contributed by atoms with E-state index in [1.54, 1.807) is 6.20 Å². The first-order valence-corrected chi connectivity index (χ1v) is 10.4. The van der Waals surface area contributed by atoms with Gasteiger partial charge in [-0.25, -0.2) is 4.98 Å². The second kappa shape index (κ2) is 7.85. The fourth-order valence-electron chi connectivity index (χ4n) is 4.35. The molecule has 0 aliphatic carbocycles. The molecule has 1 aromatic carbocycles. The van der Waals surface area contributed by atoms with E-state index in [9.17, 15) is 4.79 Å². The van der Waals surface area contributed by atoms with E-state index in [4.69, 9.17) is 5.10 Å². The van der Waals surface area contributed by atoms with Gasteiger partial charge in [-0.05, 0) is 13.3 Å². The number of aryl methyl sites for hydroxylation is 1. The van der Waals surface area contributed by atoms with E-state index in [0.29, 0.717) is 13.1 Å². The third kappa shape index (κ3) is 3.59. The van der Waals surface area contributed by atoms with Crippen molar-refractivity contribution >= 4 is 5.91 Å². The number of hydrogen-bond acceptors (Lipinski definition) is 3. The van der Waals surface area contributed by atoms with Crippen molar-refractivity contribution in [3.8, 4) is 11.3 Å². The SMILES string of the molecule is CC(C)c1nccn1C(C)C(=O)N1CCc2nn(C)c(-c3ccccc3)c2CC1. The number of benzene rings is 1. The Bertz CT molecular complexity index is 1000. The predicted molar refractivity (Wildman–Crippen MR) is 114 cm³/mol. The maximum absolute atomic E-state index is 13.3. The zero-order valence-corrected chi connectivity index (χ0v) is 17.7. The van der Waals surface area contributed by atoms with Crippen molar-refractivity contribution in [2.45, 2.75) is 45.6 Å². The average Bonchev–Trinajstić information content (AvgIpc) is 3.27. The summed E-state index contributed by atoms with van der Waals surface area (Å²) in [5.41, 5.74) is 4.73. The molecule has 0 spiro atoms. The zero-order valence-electron chi connectivity index (χ0n) is 17.7. The monoisotopic (exact) mass is 391 g/mol. The molecule has 1 amide bonds. The topological polar surface area (TPSA) is 56.0 Å². The van der Waals surface area contributed by atoms with E-state index in [1.807, 2.05) is 40.4 Å². The van der Waals surface area contributed by atoms with Crippen LogP contribution in [0, 0.1) is 0 Å². The maximum atomic E-state index is 13.3. The molecule has 0 N–H and O–H groups in total. The Morgan fingerprint density at radius 3 is 2.52 bits per heavy atom. The molecule has 1 unspecified atom stereocenters. The van der Waals surface area contributed by atoms with Gasteiger partial charge in [0, 0.05) is 56.0 Å². The molecule has 0 fully saturated rings. The van der Waals surface area contributed by atoms with E-state index in [-0.39, 0.29) is 17.9 Å². The van der Waals surface area contributed by atoms with Gasteiger partial charge in [0.25, 0.3) is 0 Å². The molecule has 1 aliphatic rings. The van der Waals surface area contributed by atoms with Crippen molar-refractivity contribution in [2.24, 2.45) is 7.05 Å². The summed E-state index contributed by atoms with van der Waals surface area (Å²) < 4.78 is 4.00. The molecule has 3 aromatic rings. The molecule has 0 radical (unpaired) electrons. The summed E-state index contributed by atoms with van der Waals surface area (Å²) in [6.45, 7) is 7.60. The Morgan fingerprint density at radius 2 is 1.79 bits per heavy atom. The Balaban J connectivity index is 1.55. The van der Waals surface area contributed by atoms with Crippen LogP contribution in [0.25, 0.3) is 11.3 Å². The molecular weight excluding hydrogens is 362 g/mol. The van der Waals surface area contributed by atoms with E-state index >= 15 is 0 Å². The van der Waals surface area contributed by atoms with Gasteiger partial charge in [-0.2, -0.15) is 5.10 Å². The van der Waals surface area contributed by atoms with Gasteiger partial charge in [0.2, 0.25) is 5.91 Å². The summed E-state index contributed by atoms with van der Waals surface area (Å²) >= 11 is 0. The van der Waals surface area contributed by atoms with Crippen molar-refractivity contribution in [3.05, 3.63) is 59.8 Å². The number of carbonyl (C=O) groups excluding carboxylic acids is 1. The smallest absolute Gasteiger partial charge is 0.245 e. The van der Waals surface area contributed by atoms with Gasteiger partial charge in [0.15, 0.2) is 0 Å². The number of imidazole rings is 1. The van der Waals surface area contributed by atoms with Crippen molar-refractivity contribution in [1.82, 2.24) is 24.2 Å². The normalized spacial score (nSPS) is 15.3. The van der Waals surface area contributed by atoms with Gasteiger partial charge < -0.3 is 9.47 Å². The Kier molecular flexibility index (Phi) is 5.26. The molecule has 6 heteroatoms. The first-order valence-electron chi connectivity index (χ1n) is 10.4. The molecule has 152 valence electrons. The molecule has 3 heterocycles. The van der Waals surface area contributed by atoms with Crippen molar-refractivity contribution < 1.29 is 4.79 Å². The molecule has 1 aliphatic heterocycles. The molecule has 0 bridgehead atoms. The summed E-state index contributed by atoms with van der Waals surface area (Å²) in [5.74, 6) is 1.39. The van der Waals surface area contributed by atoms with Crippen LogP contribution in [0.4, 0.5) is 0 Å². The largest absolute Gasteiger partial charge is 0.340 e. The van der Waals surface area contributed by atoms with E-state index in [1.165, 1.54) is 16.8 Å². The second-order valence-corrected chi connectivity index (χ2v) is 8.11. The first-order chi connectivity index (χ1) is 14.0. The Hall–Kier alpha value is -2.89. The Labute approximate surface area is 172 Å². The number of fused-ring (bicyclic) bond motifs is 1. The molecular formula is C23H29N5O. The van der Waals surface area contributed by atoms with Crippen LogP contribution in [0.5, 0.6) is 0 Å². The quantitative estimate of drug-likeness (QED) is 0.683. The molecule has 6 nitrogen and oxygen atoms in total. The van der Waals surface area contributed by atoms with Crippen LogP contribution < -0.4 is 0 Å². The van der Waals surface area contributed by atoms with E-state index < -0.39 is 0 Å². The lowest BCUT2D eigenvalue weighted by atomic mass is 10.0. The molecule has 4 rings (SSSR count). The van der Waals surface area contributed by atoms with Crippen LogP contribution in [0.3, 0.4) is 0 Å². The van der Waals surface area contributed by atoms with Gasteiger partial charge in [-0.3, -0.25) is 9.48 Å². The first kappa shape index (κ1) is 19.4. The average molecular weight is 392 g/mol. The number of nitrogens with zero attached hydrogens (tertiary/aromatic N) is 5. The van der Waals surface area contributed by atoms with Crippen LogP contribution in [0.1, 0.15) is 49.8 Å². The lowest BCUT2D eigenvalue weighted by Crippen LogP contribution is -2.38. The maximum Gasteiger partial charge on any atom is 0.245 e. The number of rotatable bonds is 4. The lowest BCUT2D eigenvalue weighted by Gasteiger charge is -2.26. The summed E-state index contributed by atoms with van der Waals surface area (Å²) in [4.78, 5) is 19.7. The highest BCUT2D eigenvalue weighted by Gasteiger charge is 2.28. The molecule has 1 atom stereocenters. The van der Waals surface area contributed by atoms with Gasteiger partial charge in [0.1, 0.15) is 11.9 Å². The van der Waals surface area contributed by atoms with Crippen LogP contribution in [0.15, 0.2) is 42.7 Å². The molecule has 2 aromatic heterocycles. The van der Waals surface area contributed by atoms with Gasteiger partial charge in [0.05, 0.1) is 11.4 Å². The number of carbonyl (C=O) groups is 1. The third-order valence-corrected chi connectivity index (χ3v) is 5.83. The van der Waals surface area contributed by atoms with Gasteiger partial charge in [-0.15, -0.1) is 0 Å². The van der Waals surface area contributed by atoms with Gasteiger partial charge >= 0.3 is 0 Å². The fourth-order valence-corrected chi connectivity index (χ4v) is 4.35. The number of amides is 1. The molecule has 29 heavy (non-hydrogen) atoms. The van der Waals surface area contributed by atoms with Crippen molar-refractivity contribution in [2.75, 3.05) is 13.1 Å². The lowest BCUT2D eigenvalue weighted by molar-refractivity contribution is -0.134. The summed E-state index contributed by atoms with van der Waals surface area (Å²) in [5, 5.41) is 4.78. The van der Waals surface area contributed by atoms with Crippen molar-refractivity contribution in [1.29, 1.82) is 0 Å². The van der Waals surface area contributed by atoms with Crippen LogP contribution in [-0.4, -0.2) is 43.2 Å². The highest BCUT2D eigenvalue weighted by atomic mass is 16.2. The van der Waals surface area contributed by atoms with Gasteiger partial charge in [-0.1, -0.05) is 44.2 Å². The summed E-state index contributed by atoms with van der Waals surface area (Å²) in [6.07, 6.45) is 5.31. The van der Waals surface area contributed by atoms with E-state index in [0.717, 1.165) is 24.4 Å². The molecule has 0 saturated heterocycles. The van der Waals surface area contributed by atoms with Crippen LogP contribution in [-0.2, 0) is 24.7 Å². The fraction of sp³-hybridized carbons (Fsp3) is 0.435. The highest BCUT2D eigenvalue weighted by molar-refractivity contribution is 5.80. The predicted octanol–water partition coefficient (Wildman–Crippen LogP) is 3.60. The van der Waals surface area contributed by atoms with Crippen molar-refractivity contribution in [3.63, 3.8) is 0 Å². The van der Waals surface area contributed by atoms with Crippen LogP contribution >= 0.6 is 0 Å². The van der Waals surface area contributed by atoms with Crippen LogP contribution in [0.2, 0.25) is 0 Å². The minimum absolute atomic E-state index is 0.153. The highest BCUT2D eigenvalue weighted by Crippen LogP contribution is 2.29. The minimum Gasteiger partial charge on any atom is -0.340 e.